The van der Waals surface area contributed by atoms with E-state index in [9.17, 15) is 9.59 Å². The summed E-state index contributed by atoms with van der Waals surface area (Å²) in [4.78, 5) is 18.8. The van der Waals surface area contributed by atoms with E-state index in [0.29, 0.717) is 0 Å². The van der Waals surface area contributed by atoms with Gasteiger partial charge in [-0.2, -0.15) is 0 Å². The Morgan fingerprint density at radius 3 is 1.74 bits per heavy atom. The highest BCUT2D eigenvalue weighted by Crippen LogP contribution is 1.95. The SMILES string of the molecule is C=C(C)C(=O)O.C=CC(=O)O.OCc1ccccc1. The molecule has 0 saturated heterocycles. The molecule has 0 spiro atoms. The molecule has 0 atom stereocenters. The second-order valence-corrected chi connectivity index (χ2v) is 3.27. The van der Waals surface area contributed by atoms with Gasteiger partial charge in [0.25, 0.3) is 0 Å². The first-order valence-electron chi connectivity index (χ1n) is 5.24. The summed E-state index contributed by atoms with van der Waals surface area (Å²) < 4.78 is 0. The highest BCUT2D eigenvalue weighted by molar-refractivity contribution is 5.84. The number of aliphatic carboxylic acids is 2. The second kappa shape index (κ2) is 12.1. The average molecular weight is 266 g/mol. The van der Waals surface area contributed by atoms with Crippen LogP contribution in [0.3, 0.4) is 0 Å². The van der Waals surface area contributed by atoms with E-state index in [4.69, 9.17) is 15.3 Å². The third-order valence-electron chi connectivity index (χ3n) is 1.57. The minimum Gasteiger partial charge on any atom is -0.478 e. The number of aliphatic hydroxyl groups is 1. The van der Waals surface area contributed by atoms with Crippen LogP contribution in [0.25, 0.3) is 0 Å². The number of carboxylic acids is 2. The molecule has 5 heteroatoms. The number of aliphatic hydroxyl groups excluding tert-OH is 1. The van der Waals surface area contributed by atoms with Gasteiger partial charge in [-0.05, 0) is 12.5 Å². The monoisotopic (exact) mass is 266 g/mol. The van der Waals surface area contributed by atoms with Gasteiger partial charge in [-0.1, -0.05) is 43.5 Å². The van der Waals surface area contributed by atoms with Gasteiger partial charge in [0.1, 0.15) is 0 Å². The Labute approximate surface area is 112 Å². The third-order valence-corrected chi connectivity index (χ3v) is 1.57. The summed E-state index contributed by atoms with van der Waals surface area (Å²) in [5.41, 5.74) is 1.14. The first-order chi connectivity index (χ1) is 8.84. The number of carboxylic acid groups (broad SMARTS) is 2. The Kier molecular flexibility index (Phi) is 12.0. The fourth-order valence-corrected chi connectivity index (χ4v) is 0.583. The largest absolute Gasteiger partial charge is 0.478 e. The van der Waals surface area contributed by atoms with Crippen molar-refractivity contribution in [2.24, 2.45) is 0 Å². The molecule has 0 fully saturated rings. The van der Waals surface area contributed by atoms with Crippen molar-refractivity contribution < 1.29 is 24.9 Å². The van der Waals surface area contributed by atoms with Gasteiger partial charge in [-0.3, -0.25) is 0 Å². The molecule has 1 aromatic carbocycles. The maximum absolute atomic E-state index is 9.60. The Balaban J connectivity index is 0. The van der Waals surface area contributed by atoms with Crippen molar-refractivity contribution in [3.63, 3.8) is 0 Å². The molecule has 0 saturated carbocycles. The molecule has 0 radical (unpaired) electrons. The summed E-state index contributed by atoms with van der Waals surface area (Å²) in [5, 5.41) is 24.0. The van der Waals surface area contributed by atoms with E-state index in [1.165, 1.54) is 6.92 Å². The second-order valence-electron chi connectivity index (χ2n) is 3.27. The predicted molar refractivity (Wildman–Crippen MR) is 72.6 cm³/mol. The molecule has 5 nitrogen and oxygen atoms in total. The molecule has 0 unspecified atom stereocenters. The summed E-state index contributed by atoms with van der Waals surface area (Å²) in [7, 11) is 0. The predicted octanol–water partition coefficient (Wildman–Crippen LogP) is 2.08. The van der Waals surface area contributed by atoms with Crippen LogP contribution < -0.4 is 0 Å². The zero-order valence-corrected chi connectivity index (χ0v) is 10.7. The lowest BCUT2D eigenvalue weighted by molar-refractivity contribution is -0.133. The molecule has 0 bridgehead atoms. The molecular weight excluding hydrogens is 248 g/mol. The number of hydrogen-bond donors (Lipinski definition) is 3. The van der Waals surface area contributed by atoms with Crippen LogP contribution in [0.5, 0.6) is 0 Å². The maximum Gasteiger partial charge on any atom is 0.330 e. The Morgan fingerprint density at radius 1 is 1.21 bits per heavy atom. The summed E-state index contributed by atoms with van der Waals surface area (Å²) >= 11 is 0. The van der Waals surface area contributed by atoms with Crippen molar-refractivity contribution in [3.05, 3.63) is 60.7 Å². The minimum atomic E-state index is -0.981. The standard InChI is InChI=1S/C7H8O.C4H6O2.C3H4O2/c8-6-7-4-2-1-3-5-7;1-3(2)4(5)6;1-2-3(4)5/h1-5,8H,6H2;1H2,2H3,(H,5,6);2H,1H2,(H,4,5). The number of carbonyl (C=O) groups is 2. The smallest absolute Gasteiger partial charge is 0.330 e. The van der Waals surface area contributed by atoms with Gasteiger partial charge in [-0.15, -0.1) is 0 Å². The molecule has 1 rings (SSSR count). The van der Waals surface area contributed by atoms with Gasteiger partial charge in [0.2, 0.25) is 0 Å². The van der Waals surface area contributed by atoms with E-state index < -0.39 is 11.9 Å². The lowest BCUT2D eigenvalue weighted by Gasteiger charge is -1.89. The molecule has 0 heterocycles. The molecule has 0 aromatic heterocycles. The lowest BCUT2D eigenvalue weighted by Crippen LogP contribution is -1.92. The van der Waals surface area contributed by atoms with Crippen LogP contribution in [0, 0.1) is 0 Å². The highest BCUT2D eigenvalue weighted by atomic mass is 16.4. The molecular formula is C14H18O5. The number of rotatable bonds is 3. The van der Waals surface area contributed by atoms with Crippen LogP contribution in [0.1, 0.15) is 12.5 Å². The highest BCUT2D eigenvalue weighted by Gasteiger charge is 1.90. The van der Waals surface area contributed by atoms with Crippen molar-refractivity contribution >= 4 is 11.9 Å². The van der Waals surface area contributed by atoms with Gasteiger partial charge in [0, 0.05) is 11.6 Å². The molecule has 0 aliphatic rings. The molecule has 1 aromatic rings. The summed E-state index contributed by atoms with van der Waals surface area (Å²) in [6.45, 7) is 7.70. The topological polar surface area (TPSA) is 94.8 Å². The van der Waals surface area contributed by atoms with Crippen LogP contribution in [0.4, 0.5) is 0 Å². The zero-order chi connectivity index (χ0) is 15.3. The number of hydrogen-bond acceptors (Lipinski definition) is 3. The lowest BCUT2D eigenvalue weighted by atomic mass is 10.2. The van der Waals surface area contributed by atoms with E-state index in [0.717, 1.165) is 11.6 Å². The van der Waals surface area contributed by atoms with E-state index in [1.807, 2.05) is 30.3 Å². The average Bonchev–Trinajstić information content (AvgIpc) is 2.40. The third kappa shape index (κ3) is 15.6. The van der Waals surface area contributed by atoms with Crippen molar-refractivity contribution in [2.75, 3.05) is 0 Å². The summed E-state index contributed by atoms with van der Waals surface area (Å²) in [5.74, 6) is -1.92. The van der Waals surface area contributed by atoms with Gasteiger partial charge in [0.15, 0.2) is 0 Å². The molecule has 0 aliphatic heterocycles. The van der Waals surface area contributed by atoms with E-state index in [-0.39, 0.29) is 12.2 Å². The fourth-order valence-electron chi connectivity index (χ4n) is 0.583. The summed E-state index contributed by atoms with van der Waals surface area (Å²) in [6.07, 6.45) is 0.833. The van der Waals surface area contributed by atoms with Crippen LogP contribution in [-0.2, 0) is 16.2 Å². The Bertz CT molecular complexity index is 397. The quantitative estimate of drug-likeness (QED) is 0.728. The molecule has 104 valence electrons. The Morgan fingerprint density at radius 2 is 1.58 bits per heavy atom. The van der Waals surface area contributed by atoms with Crippen molar-refractivity contribution in [1.82, 2.24) is 0 Å². The minimum absolute atomic E-state index is 0.140. The van der Waals surface area contributed by atoms with Gasteiger partial charge in [-0.25, -0.2) is 9.59 Å². The van der Waals surface area contributed by atoms with E-state index in [2.05, 4.69) is 13.2 Å². The van der Waals surface area contributed by atoms with Crippen LogP contribution in [0.2, 0.25) is 0 Å². The van der Waals surface area contributed by atoms with Gasteiger partial charge >= 0.3 is 11.9 Å². The molecule has 0 amide bonds. The first kappa shape index (κ1) is 19.0. The summed E-state index contributed by atoms with van der Waals surface area (Å²) in [6, 6.07) is 9.52. The molecule has 3 N–H and O–H groups in total. The van der Waals surface area contributed by atoms with Crippen molar-refractivity contribution in [1.29, 1.82) is 0 Å². The maximum atomic E-state index is 9.60. The van der Waals surface area contributed by atoms with Crippen LogP contribution in [-0.4, -0.2) is 27.3 Å². The fraction of sp³-hybridized carbons (Fsp3) is 0.143. The van der Waals surface area contributed by atoms with Gasteiger partial charge < -0.3 is 15.3 Å². The van der Waals surface area contributed by atoms with Crippen LogP contribution in [0.15, 0.2) is 55.1 Å². The van der Waals surface area contributed by atoms with Crippen molar-refractivity contribution in [3.8, 4) is 0 Å². The normalized spacial score (nSPS) is 7.89. The Hall–Kier alpha value is -2.40. The zero-order valence-electron chi connectivity index (χ0n) is 10.7. The van der Waals surface area contributed by atoms with Crippen LogP contribution >= 0.6 is 0 Å². The molecule has 0 aliphatic carbocycles. The van der Waals surface area contributed by atoms with E-state index in [1.54, 1.807) is 0 Å². The molecule has 19 heavy (non-hydrogen) atoms. The van der Waals surface area contributed by atoms with E-state index >= 15 is 0 Å². The first-order valence-corrected chi connectivity index (χ1v) is 5.24. The van der Waals surface area contributed by atoms with Gasteiger partial charge in [0.05, 0.1) is 6.61 Å². The van der Waals surface area contributed by atoms with Crippen molar-refractivity contribution in [2.45, 2.75) is 13.5 Å². The number of benzene rings is 1.